The van der Waals surface area contributed by atoms with E-state index in [1.807, 2.05) is 18.2 Å². The highest BCUT2D eigenvalue weighted by Gasteiger charge is 2.07. The molecule has 0 aliphatic rings. The van der Waals surface area contributed by atoms with Crippen LogP contribution in [0.5, 0.6) is 0 Å². The molecule has 0 atom stereocenters. The number of amides is 1. The van der Waals surface area contributed by atoms with Crippen molar-refractivity contribution in [2.75, 3.05) is 0 Å². The summed E-state index contributed by atoms with van der Waals surface area (Å²) >= 11 is 2.17. The highest BCUT2D eigenvalue weighted by atomic mass is 127. The van der Waals surface area contributed by atoms with Gasteiger partial charge in [-0.15, -0.1) is 0 Å². The van der Waals surface area contributed by atoms with Crippen LogP contribution in [-0.2, 0) is 0 Å². The number of primary amides is 1. The first-order chi connectivity index (χ1) is 6.18. The van der Waals surface area contributed by atoms with Gasteiger partial charge in [0.1, 0.15) is 0 Å². The van der Waals surface area contributed by atoms with Crippen molar-refractivity contribution in [1.82, 2.24) is 4.98 Å². The van der Waals surface area contributed by atoms with E-state index < -0.39 is 5.91 Å². The number of halogens is 1. The lowest BCUT2D eigenvalue weighted by Gasteiger charge is -1.96. The molecule has 2 aromatic rings. The molecular weight excluding hydrogens is 279 g/mol. The van der Waals surface area contributed by atoms with E-state index in [0.29, 0.717) is 5.56 Å². The Hall–Kier alpha value is -1.04. The quantitative estimate of drug-likeness (QED) is 0.772. The summed E-state index contributed by atoms with van der Waals surface area (Å²) in [6, 6.07) is 7.46. The number of carbonyl (C=O) groups is 1. The molecule has 0 spiro atoms. The molecule has 0 fully saturated rings. The summed E-state index contributed by atoms with van der Waals surface area (Å²) in [6.07, 6.45) is 0. The Morgan fingerprint density at radius 1 is 1.46 bits per heavy atom. The van der Waals surface area contributed by atoms with Gasteiger partial charge in [-0.05, 0) is 34.7 Å². The molecule has 0 saturated carbocycles. The molecule has 0 unspecified atom stereocenters. The zero-order valence-corrected chi connectivity index (χ0v) is 8.83. The van der Waals surface area contributed by atoms with Crippen molar-refractivity contribution in [3.05, 3.63) is 33.5 Å². The van der Waals surface area contributed by atoms with E-state index in [2.05, 4.69) is 27.6 Å². The molecule has 4 heteroatoms. The van der Waals surface area contributed by atoms with Crippen molar-refractivity contribution in [1.29, 1.82) is 0 Å². The van der Waals surface area contributed by atoms with E-state index in [0.717, 1.165) is 14.6 Å². The minimum Gasteiger partial charge on any atom is -0.366 e. The predicted molar refractivity (Wildman–Crippen MR) is 59.5 cm³/mol. The van der Waals surface area contributed by atoms with Crippen molar-refractivity contribution < 1.29 is 4.79 Å². The number of hydrogen-bond acceptors (Lipinski definition) is 1. The predicted octanol–water partition coefficient (Wildman–Crippen LogP) is 1.87. The number of H-pyrrole nitrogens is 1. The molecule has 1 heterocycles. The molecular formula is C9H7IN2O. The number of fused-ring (bicyclic) bond motifs is 1. The first-order valence-corrected chi connectivity index (χ1v) is 4.83. The Morgan fingerprint density at radius 3 is 2.92 bits per heavy atom. The van der Waals surface area contributed by atoms with Gasteiger partial charge in [-0.2, -0.15) is 0 Å². The molecule has 0 radical (unpaired) electrons. The second-order valence-electron chi connectivity index (χ2n) is 2.75. The van der Waals surface area contributed by atoms with Crippen LogP contribution in [0, 0.1) is 3.70 Å². The average molecular weight is 286 g/mol. The van der Waals surface area contributed by atoms with Gasteiger partial charge in [-0.1, -0.05) is 12.1 Å². The summed E-state index contributed by atoms with van der Waals surface area (Å²) in [5, 5.41) is 1.01. The number of para-hydroxylation sites is 1. The normalized spacial score (nSPS) is 10.5. The van der Waals surface area contributed by atoms with E-state index in [1.165, 1.54) is 0 Å². The monoisotopic (exact) mass is 286 g/mol. The van der Waals surface area contributed by atoms with Crippen LogP contribution in [-0.4, -0.2) is 10.9 Å². The molecule has 3 nitrogen and oxygen atoms in total. The van der Waals surface area contributed by atoms with Gasteiger partial charge in [0.25, 0.3) is 5.91 Å². The van der Waals surface area contributed by atoms with E-state index in [4.69, 9.17) is 5.73 Å². The first-order valence-electron chi connectivity index (χ1n) is 3.75. The maximum Gasteiger partial charge on any atom is 0.250 e. The topological polar surface area (TPSA) is 58.9 Å². The smallest absolute Gasteiger partial charge is 0.250 e. The summed E-state index contributed by atoms with van der Waals surface area (Å²) in [7, 11) is 0. The second kappa shape index (κ2) is 3.02. The van der Waals surface area contributed by atoms with Crippen molar-refractivity contribution in [2.45, 2.75) is 0 Å². The second-order valence-corrected chi connectivity index (χ2v) is 3.91. The maximum absolute atomic E-state index is 11.0. The van der Waals surface area contributed by atoms with E-state index in [1.54, 1.807) is 6.07 Å². The highest BCUT2D eigenvalue weighted by molar-refractivity contribution is 14.1. The van der Waals surface area contributed by atoms with Gasteiger partial charge in [-0.25, -0.2) is 0 Å². The van der Waals surface area contributed by atoms with Gasteiger partial charge >= 0.3 is 0 Å². The Balaban J connectivity index is 2.82. The van der Waals surface area contributed by atoms with Gasteiger partial charge in [0, 0.05) is 5.39 Å². The number of carbonyl (C=O) groups excluding carboxylic acids is 1. The number of nitrogens with two attached hydrogens (primary N) is 1. The molecule has 2 rings (SSSR count). The lowest BCUT2D eigenvalue weighted by atomic mass is 10.1. The highest BCUT2D eigenvalue weighted by Crippen LogP contribution is 2.19. The molecule has 0 bridgehead atoms. The number of rotatable bonds is 1. The summed E-state index contributed by atoms with van der Waals surface area (Å²) in [5.74, 6) is -0.399. The van der Waals surface area contributed by atoms with Crippen LogP contribution < -0.4 is 5.73 Å². The van der Waals surface area contributed by atoms with E-state index in [9.17, 15) is 4.79 Å². The number of aromatic nitrogens is 1. The lowest BCUT2D eigenvalue weighted by Crippen LogP contribution is -2.11. The standard InChI is InChI=1S/C9H7IN2O/c10-7-4-5-2-1-3-6(9(11)13)8(5)12-7/h1-4,12H,(H2,11,13). The van der Waals surface area contributed by atoms with Crippen LogP contribution in [0.2, 0.25) is 0 Å². The van der Waals surface area contributed by atoms with Gasteiger partial charge in [0.15, 0.2) is 0 Å². The Morgan fingerprint density at radius 2 is 2.23 bits per heavy atom. The Kier molecular flexibility index (Phi) is 1.99. The van der Waals surface area contributed by atoms with Crippen molar-refractivity contribution in [3.63, 3.8) is 0 Å². The molecule has 66 valence electrons. The molecule has 13 heavy (non-hydrogen) atoms. The third-order valence-electron chi connectivity index (χ3n) is 1.89. The van der Waals surface area contributed by atoms with Crippen molar-refractivity contribution in [3.8, 4) is 0 Å². The van der Waals surface area contributed by atoms with E-state index in [-0.39, 0.29) is 0 Å². The molecule has 1 amide bonds. The fraction of sp³-hybridized carbons (Fsp3) is 0. The molecule has 0 aliphatic heterocycles. The van der Waals surface area contributed by atoms with Crippen LogP contribution in [0.15, 0.2) is 24.3 Å². The fourth-order valence-electron chi connectivity index (χ4n) is 1.33. The molecule has 1 aromatic heterocycles. The van der Waals surface area contributed by atoms with Crippen molar-refractivity contribution in [2.24, 2.45) is 5.73 Å². The zero-order valence-electron chi connectivity index (χ0n) is 6.67. The van der Waals surface area contributed by atoms with Crippen LogP contribution in [0.25, 0.3) is 10.9 Å². The molecule has 1 aromatic carbocycles. The number of benzene rings is 1. The minimum absolute atomic E-state index is 0.399. The lowest BCUT2D eigenvalue weighted by molar-refractivity contribution is 0.100. The maximum atomic E-state index is 11.0. The summed E-state index contributed by atoms with van der Waals surface area (Å²) < 4.78 is 1.00. The molecule has 0 aliphatic carbocycles. The first kappa shape index (κ1) is 8.55. The summed E-state index contributed by atoms with van der Waals surface area (Å²) in [4.78, 5) is 14.1. The fourth-order valence-corrected chi connectivity index (χ4v) is 1.93. The SMILES string of the molecule is NC(=O)c1cccc2cc(I)[nH]c12. The van der Waals surface area contributed by atoms with E-state index >= 15 is 0 Å². The average Bonchev–Trinajstić information content (AvgIpc) is 2.43. The summed E-state index contributed by atoms with van der Waals surface area (Å²) in [6.45, 7) is 0. The van der Waals surface area contributed by atoms with Crippen LogP contribution in [0.4, 0.5) is 0 Å². The van der Waals surface area contributed by atoms with Crippen LogP contribution in [0.1, 0.15) is 10.4 Å². The Labute approximate surface area is 88.5 Å². The third-order valence-corrected chi connectivity index (χ3v) is 2.47. The van der Waals surface area contributed by atoms with Gasteiger partial charge in [-0.3, -0.25) is 4.79 Å². The van der Waals surface area contributed by atoms with Crippen LogP contribution >= 0.6 is 22.6 Å². The van der Waals surface area contributed by atoms with Gasteiger partial charge in [0.05, 0.1) is 14.8 Å². The number of hydrogen-bond donors (Lipinski definition) is 2. The molecule has 3 N–H and O–H groups in total. The van der Waals surface area contributed by atoms with Gasteiger partial charge in [0.2, 0.25) is 0 Å². The van der Waals surface area contributed by atoms with Crippen molar-refractivity contribution >= 4 is 39.4 Å². The number of aromatic amines is 1. The minimum atomic E-state index is -0.399. The van der Waals surface area contributed by atoms with Crippen LogP contribution in [0.3, 0.4) is 0 Å². The van der Waals surface area contributed by atoms with Gasteiger partial charge < -0.3 is 10.7 Å². The summed E-state index contributed by atoms with van der Waals surface area (Å²) in [5.41, 5.74) is 6.59. The largest absolute Gasteiger partial charge is 0.366 e. The third kappa shape index (κ3) is 1.41. The number of nitrogens with one attached hydrogen (secondary N) is 1. The molecule has 0 saturated heterocycles. The Bertz CT molecular complexity index is 475. The zero-order chi connectivity index (χ0) is 9.42.